The Balaban J connectivity index is 1.90. The van der Waals surface area contributed by atoms with Gasteiger partial charge in [-0.05, 0) is 12.8 Å². The van der Waals surface area contributed by atoms with Gasteiger partial charge >= 0.3 is 0 Å². The van der Waals surface area contributed by atoms with Gasteiger partial charge in [-0.3, -0.25) is 4.79 Å². The van der Waals surface area contributed by atoms with Crippen LogP contribution < -0.4 is 0 Å². The lowest BCUT2D eigenvalue weighted by atomic mass is 9.93. The number of ether oxygens (including phenoxy) is 1. The van der Waals surface area contributed by atoms with Crippen molar-refractivity contribution in [2.24, 2.45) is 5.92 Å². The number of carbonyl (C=O) groups excluding carboxylic acids is 1. The highest BCUT2D eigenvalue weighted by atomic mass is 16.5. The highest BCUT2D eigenvalue weighted by Crippen LogP contribution is 2.37. The molecule has 0 N–H and O–H groups in total. The average molecular weight is 231 g/mol. The number of carbonyl (C=O) groups is 1. The summed E-state index contributed by atoms with van der Waals surface area (Å²) in [5.74, 6) is 0.381. The zero-order valence-electron chi connectivity index (χ0n) is 10.0. The molecule has 2 aliphatic heterocycles. The van der Waals surface area contributed by atoms with Crippen molar-refractivity contribution in [3.8, 4) is 0 Å². The highest BCUT2D eigenvalue weighted by Gasteiger charge is 2.43. The average Bonchev–Trinajstić information content (AvgIpc) is 2.79. The first-order chi connectivity index (χ1) is 8.27. The third-order valence-corrected chi connectivity index (χ3v) is 3.79. The zero-order chi connectivity index (χ0) is 11.8. The van der Waals surface area contributed by atoms with Gasteiger partial charge in [0.05, 0.1) is 12.6 Å². The molecular weight excluding hydrogens is 214 g/mol. The van der Waals surface area contributed by atoms with Crippen molar-refractivity contribution in [2.45, 2.75) is 32.0 Å². The lowest BCUT2D eigenvalue weighted by Gasteiger charge is -2.35. The van der Waals surface area contributed by atoms with E-state index >= 15 is 0 Å². The zero-order valence-corrected chi connectivity index (χ0v) is 10.0. The molecule has 2 aliphatic rings. The van der Waals surface area contributed by atoms with E-state index in [1.54, 1.807) is 0 Å². The molecule has 1 aromatic rings. The maximum Gasteiger partial charge on any atom is 0.228 e. The van der Waals surface area contributed by atoms with Crippen molar-refractivity contribution in [3.63, 3.8) is 0 Å². The molecule has 1 aromatic carbocycles. The largest absolute Gasteiger partial charge is 0.352 e. The Bertz CT molecular complexity index is 417. The monoisotopic (exact) mass is 231 g/mol. The first-order valence-corrected chi connectivity index (χ1v) is 6.26. The van der Waals surface area contributed by atoms with Gasteiger partial charge in [0.1, 0.15) is 0 Å². The molecule has 0 saturated carbocycles. The van der Waals surface area contributed by atoms with Crippen LogP contribution in [0, 0.1) is 5.92 Å². The van der Waals surface area contributed by atoms with Gasteiger partial charge in [0.15, 0.2) is 6.23 Å². The molecule has 0 aromatic heterocycles. The molecule has 0 radical (unpaired) electrons. The fourth-order valence-corrected chi connectivity index (χ4v) is 2.77. The minimum Gasteiger partial charge on any atom is -0.352 e. The lowest BCUT2D eigenvalue weighted by Crippen LogP contribution is -2.45. The normalized spacial score (nSPS) is 32.6. The molecule has 17 heavy (non-hydrogen) atoms. The molecule has 3 atom stereocenters. The summed E-state index contributed by atoms with van der Waals surface area (Å²) in [5, 5.41) is 0. The molecule has 0 aliphatic carbocycles. The van der Waals surface area contributed by atoms with Gasteiger partial charge in [0.2, 0.25) is 5.91 Å². The molecular formula is C14H17NO2. The predicted molar refractivity (Wildman–Crippen MR) is 64.2 cm³/mol. The number of fused-ring (bicyclic) bond motifs is 1. The summed E-state index contributed by atoms with van der Waals surface area (Å²) in [6.45, 7) is 2.69. The number of amides is 1. The fourth-order valence-electron chi connectivity index (χ4n) is 2.77. The number of benzene rings is 1. The molecule has 3 rings (SSSR count). The van der Waals surface area contributed by atoms with Crippen molar-refractivity contribution in [1.29, 1.82) is 0 Å². The minimum atomic E-state index is -0.170. The van der Waals surface area contributed by atoms with Crippen molar-refractivity contribution in [3.05, 3.63) is 35.9 Å². The van der Waals surface area contributed by atoms with Crippen molar-refractivity contribution < 1.29 is 9.53 Å². The first kappa shape index (κ1) is 10.8. The van der Waals surface area contributed by atoms with Gasteiger partial charge in [-0.15, -0.1) is 0 Å². The van der Waals surface area contributed by atoms with Crippen LogP contribution >= 0.6 is 0 Å². The van der Waals surface area contributed by atoms with E-state index in [1.807, 2.05) is 42.2 Å². The molecule has 3 nitrogen and oxygen atoms in total. The topological polar surface area (TPSA) is 29.5 Å². The van der Waals surface area contributed by atoms with Crippen molar-refractivity contribution >= 4 is 5.91 Å². The number of nitrogens with zero attached hydrogens (tertiary/aromatic N) is 1. The second-order valence-electron chi connectivity index (χ2n) is 4.97. The minimum absolute atomic E-state index is 0.138. The van der Waals surface area contributed by atoms with Crippen LogP contribution in [0.4, 0.5) is 0 Å². The summed E-state index contributed by atoms with van der Waals surface area (Å²) in [6, 6.07) is 10.3. The Labute approximate surface area is 101 Å². The van der Waals surface area contributed by atoms with E-state index in [0.29, 0.717) is 6.61 Å². The van der Waals surface area contributed by atoms with E-state index in [9.17, 15) is 4.79 Å². The Hall–Kier alpha value is -1.35. The van der Waals surface area contributed by atoms with Gasteiger partial charge in [-0.25, -0.2) is 0 Å². The van der Waals surface area contributed by atoms with Crippen LogP contribution in [0.1, 0.15) is 31.6 Å². The van der Waals surface area contributed by atoms with Gasteiger partial charge in [-0.1, -0.05) is 37.3 Å². The molecule has 3 heteroatoms. The Morgan fingerprint density at radius 1 is 1.24 bits per heavy atom. The second-order valence-corrected chi connectivity index (χ2v) is 4.97. The van der Waals surface area contributed by atoms with E-state index in [1.165, 1.54) is 0 Å². The van der Waals surface area contributed by atoms with Crippen LogP contribution in [-0.2, 0) is 9.53 Å². The quantitative estimate of drug-likeness (QED) is 0.742. The van der Waals surface area contributed by atoms with Gasteiger partial charge < -0.3 is 9.64 Å². The van der Waals surface area contributed by atoms with Gasteiger partial charge in [-0.2, -0.15) is 0 Å². The second kappa shape index (κ2) is 4.15. The molecule has 2 saturated heterocycles. The van der Waals surface area contributed by atoms with E-state index in [4.69, 9.17) is 4.74 Å². The summed E-state index contributed by atoms with van der Waals surface area (Å²) in [7, 11) is 0. The van der Waals surface area contributed by atoms with E-state index in [-0.39, 0.29) is 24.1 Å². The third-order valence-electron chi connectivity index (χ3n) is 3.79. The molecule has 0 bridgehead atoms. The maximum atomic E-state index is 12.2. The highest BCUT2D eigenvalue weighted by molar-refractivity contribution is 5.80. The van der Waals surface area contributed by atoms with E-state index < -0.39 is 0 Å². The van der Waals surface area contributed by atoms with E-state index in [0.717, 1.165) is 18.4 Å². The molecule has 2 fully saturated rings. The SMILES string of the molecule is C[C@H]1CC[C@@H]2CO[C@H](c3ccccc3)N2C1=O. The third kappa shape index (κ3) is 1.75. The lowest BCUT2D eigenvalue weighted by molar-refractivity contribution is -0.145. The Morgan fingerprint density at radius 2 is 2.00 bits per heavy atom. The molecule has 2 heterocycles. The van der Waals surface area contributed by atoms with Gasteiger partial charge in [0, 0.05) is 11.5 Å². The summed E-state index contributed by atoms with van der Waals surface area (Å²) < 4.78 is 5.81. The van der Waals surface area contributed by atoms with Crippen LogP contribution in [0.15, 0.2) is 30.3 Å². The van der Waals surface area contributed by atoms with Crippen LogP contribution in [0.2, 0.25) is 0 Å². The predicted octanol–water partition coefficient (Wildman–Crippen LogP) is 2.34. The summed E-state index contributed by atoms with van der Waals surface area (Å²) in [5.41, 5.74) is 1.08. The molecule has 0 unspecified atom stereocenters. The summed E-state index contributed by atoms with van der Waals surface area (Å²) >= 11 is 0. The molecule has 90 valence electrons. The van der Waals surface area contributed by atoms with Crippen molar-refractivity contribution in [2.75, 3.05) is 6.61 Å². The van der Waals surface area contributed by atoms with Crippen LogP contribution in [0.25, 0.3) is 0 Å². The van der Waals surface area contributed by atoms with E-state index in [2.05, 4.69) is 0 Å². The van der Waals surface area contributed by atoms with Gasteiger partial charge in [0.25, 0.3) is 0 Å². The maximum absolute atomic E-state index is 12.2. The standard InChI is InChI=1S/C14H17NO2/c1-10-7-8-12-9-17-14(15(12)13(10)16)11-5-3-2-4-6-11/h2-6,10,12,14H,7-9H2,1H3/t10-,12+,14+/m0/s1. The fraction of sp³-hybridized carbons (Fsp3) is 0.500. The first-order valence-electron chi connectivity index (χ1n) is 6.26. The summed E-state index contributed by atoms with van der Waals surface area (Å²) in [4.78, 5) is 14.2. The number of hydrogen-bond donors (Lipinski definition) is 0. The van der Waals surface area contributed by atoms with Crippen LogP contribution in [-0.4, -0.2) is 23.5 Å². The number of piperidine rings is 1. The number of hydrogen-bond acceptors (Lipinski definition) is 2. The van der Waals surface area contributed by atoms with Crippen molar-refractivity contribution in [1.82, 2.24) is 4.90 Å². The van der Waals surface area contributed by atoms with Crippen LogP contribution in [0.3, 0.4) is 0 Å². The Kier molecular flexibility index (Phi) is 2.63. The molecule has 0 spiro atoms. The van der Waals surface area contributed by atoms with Crippen LogP contribution in [0.5, 0.6) is 0 Å². The number of rotatable bonds is 1. The Morgan fingerprint density at radius 3 is 2.76 bits per heavy atom. The summed E-state index contributed by atoms with van der Waals surface area (Å²) in [6.07, 6.45) is 1.89. The smallest absolute Gasteiger partial charge is 0.228 e. The molecule has 1 amide bonds.